The molecule has 0 saturated heterocycles. The van der Waals surface area contributed by atoms with Gasteiger partial charge < -0.3 is 23.9 Å². The number of esters is 1. The van der Waals surface area contributed by atoms with Crippen LogP contribution in [0.1, 0.15) is 20.3 Å². The van der Waals surface area contributed by atoms with Crippen molar-refractivity contribution in [2.45, 2.75) is 31.5 Å². The van der Waals surface area contributed by atoms with E-state index in [9.17, 15) is 9.59 Å². The van der Waals surface area contributed by atoms with E-state index in [-0.39, 0.29) is 22.8 Å². The molecule has 29 heavy (non-hydrogen) atoms. The number of amides is 1. The number of hydrogen-bond acceptors (Lipinski definition) is 9. The molecule has 0 unspecified atom stereocenters. The number of methoxy groups -OCH3 is 3. The number of ether oxygens (including phenoxy) is 3. The lowest BCUT2D eigenvalue weighted by Gasteiger charge is -2.17. The number of carbonyl (C=O) groups excluding carboxylic acids is 2. The smallest absolute Gasteiger partial charge is 0.328 e. The first-order valence-corrected chi connectivity index (χ1v) is 9.92. The predicted octanol–water partition coefficient (Wildman–Crippen LogP) is 2.55. The number of benzene rings is 1. The third-order valence-electron chi connectivity index (χ3n) is 3.89. The zero-order valence-electron chi connectivity index (χ0n) is 17.1. The van der Waals surface area contributed by atoms with Gasteiger partial charge in [-0.15, -0.1) is 10.2 Å². The number of nitrogens with zero attached hydrogens (tertiary/aromatic N) is 2. The molecule has 158 valence electrons. The minimum Gasteiger partial charge on any atom is -0.493 e. The molecule has 0 radical (unpaired) electrons. The van der Waals surface area contributed by atoms with E-state index in [0.717, 1.165) is 11.8 Å². The maximum atomic E-state index is 12.2. The molecule has 0 aliphatic carbocycles. The van der Waals surface area contributed by atoms with Crippen LogP contribution in [-0.4, -0.2) is 55.2 Å². The van der Waals surface area contributed by atoms with E-state index in [1.54, 1.807) is 25.3 Å². The molecule has 0 fully saturated rings. The van der Waals surface area contributed by atoms with E-state index in [2.05, 4.69) is 15.5 Å². The van der Waals surface area contributed by atoms with Crippen molar-refractivity contribution < 1.29 is 28.2 Å². The normalized spacial score (nSPS) is 11.8. The van der Waals surface area contributed by atoms with Gasteiger partial charge in [0.1, 0.15) is 6.04 Å². The SMILES string of the molecule is COC(=O)[C@H](CC(C)C)NC(=O)CSc1nnc(-c2ccc(OC)c(OC)c2)o1. The van der Waals surface area contributed by atoms with Crippen molar-refractivity contribution in [3.63, 3.8) is 0 Å². The molecule has 9 nitrogen and oxygen atoms in total. The summed E-state index contributed by atoms with van der Waals surface area (Å²) in [6.07, 6.45) is 0.493. The summed E-state index contributed by atoms with van der Waals surface area (Å²) >= 11 is 1.08. The summed E-state index contributed by atoms with van der Waals surface area (Å²) in [5, 5.41) is 10.9. The van der Waals surface area contributed by atoms with E-state index in [1.165, 1.54) is 14.2 Å². The van der Waals surface area contributed by atoms with Crippen molar-refractivity contribution >= 4 is 23.6 Å². The molecule has 1 atom stereocenters. The highest BCUT2D eigenvalue weighted by Gasteiger charge is 2.23. The molecular formula is C19H25N3O6S. The Balaban J connectivity index is 1.98. The van der Waals surface area contributed by atoms with Crippen LogP contribution in [0.5, 0.6) is 11.5 Å². The quantitative estimate of drug-likeness (QED) is 0.455. The van der Waals surface area contributed by atoms with Gasteiger partial charge in [-0.05, 0) is 30.5 Å². The van der Waals surface area contributed by atoms with Crippen LogP contribution >= 0.6 is 11.8 Å². The molecule has 0 bridgehead atoms. The summed E-state index contributed by atoms with van der Waals surface area (Å²) in [6, 6.07) is 4.54. The lowest BCUT2D eigenvalue weighted by atomic mass is 10.0. The maximum absolute atomic E-state index is 12.2. The molecule has 1 aromatic heterocycles. The first-order valence-electron chi connectivity index (χ1n) is 8.93. The maximum Gasteiger partial charge on any atom is 0.328 e. The lowest BCUT2D eigenvalue weighted by molar-refractivity contribution is -0.145. The van der Waals surface area contributed by atoms with Gasteiger partial charge in [0.15, 0.2) is 11.5 Å². The molecule has 0 aliphatic heterocycles. The Kier molecular flexibility index (Phi) is 8.32. The second-order valence-electron chi connectivity index (χ2n) is 6.50. The standard InChI is InChI=1S/C19H25N3O6S/c1-11(2)8-13(18(24)27-5)20-16(23)10-29-19-22-21-17(28-19)12-6-7-14(25-3)15(9-12)26-4/h6-7,9,11,13H,8,10H2,1-5H3,(H,20,23)/t13-/m0/s1. The molecule has 0 aliphatic rings. The molecule has 1 heterocycles. The van der Waals surface area contributed by atoms with E-state index < -0.39 is 12.0 Å². The molecule has 0 spiro atoms. The fourth-order valence-corrected chi connectivity index (χ4v) is 3.12. The lowest BCUT2D eigenvalue weighted by Crippen LogP contribution is -2.43. The van der Waals surface area contributed by atoms with Gasteiger partial charge in [0, 0.05) is 5.56 Å². The second-order valence-corrected chi connectivity index (χ2v) is 7.43. The van der Waals surface area contributed by atoms with Gasteiger partial charge in [-0.1, -0.05) is 25.6 Å². The Bertz CT molecular complexity index is 839. The molecule has 2 aromatic rings. The molecule has 1 N–H and O–H groups in total. The molecular weight excluding hydrogens is 398 g/mol. The molecule has 0 saturated carbocycles. The average Bonchev–Trinajstić information content (AvgIpc) is 3.19. The van der Waals surface area contributed by atoms with Crippen LogP contribution in [0.4, 0.5) is 0 Å². The number of aromatic nitrogens is 2. The van der Waals surface area contributed by atoms with Crippen molar-refractivity contribution in [2.24, 2.45) is 5.92 Å². The highest BCUT2D eigenvalue weighted by molar-refractivity contribution is 7.99. The van der Waals surface area contributed by atoms with Gasteiger partial charge in [0.25, 0.3) is 5.22 Å². The van der Waals surface area contributed by atoms with E-state index in [1.807, 2.05) is 13.8 Å². The Morgan fingerprint density at radius 3 is 2.48 bits per heavy atom. The van der Waals surface area contributed by atoms with Crippen molar-refractivity contribution in [3.8, 4) is 23.0 Å². The highest BCUT2D eigenvalue weighted by Crippen LogP contribution is 2.32. The topological polar surface area (TPSA) is 113 Å². The summed E-state index contributed by atoms with van der Waals surface area (Å²) < 4.78 is 20.8. The van der Waals surface area contributed by atoms with E-state index >= 15 is 0 Å². The summed E-state index contributed by atoms with van der Waals surface area (Å²) in [6.45, 7) is 3.93. The Labute approximate surface area is 173 Å². The van der Waals surface area contributed by atoms with Crippen molar-refractivity contribution in [1.82, 2.24) is 15.5 Å². The minimum atomic E-state index is -0.682. The van der Waals surface area contributed by atoms with Gasteiger partial charge in [-0.25, -0.2) is 4.79 Å². The Morgan fingerprint density at radius 2 is 1.86 bits per heavy atom. The van der Waals surface area contributed by atoms with Crippen LogP contribution in [0, 0.1) is 5.92 Å². The van der Waals surface area contributed by atoms with Gasteiger partial charge in [-0.3, -0.25) is 4.79 Å². The van der Waals surface area contributed by atoms with Crippen LogP contribution in [0.15, 0.2) is 27.8 Å². The predicted molar refractivity (Wildman–Crippen MR) is 107 cm³/mol. The summed E-state index contributed by atoms with van der Waals surface area (Å²) in [4.78, 5) is 24.0. The van der Waals surface area contributed by atoms with Crippen LogP contribution in [0.25, 0.3) is 11.5 Å². The van der Waals surface area contributed by atoms with Crippen LogP contribution < -0.4 is 14.8 Å². The average molecular weight is 423 g/mol. The number of thioether (sulfide) groups is 1. The monoisotopic (exact) mass is 423 g/mol. The third kappa shape index (κ3) is 6.38. The van der Waals surface area contributed by atoms with E-state index in [4.69, 9.17) is 18.6 Å². The van der Waals surface area contributed by atoms with Crippen LogP contribution in [-0.2, 0) is 14.3 Å². The van der Waals surface area contributed by atoms with Crippen LogP contribution in [0.2, 0.25) is 0 Å². The van der Waals surface area contributed by atoms with Crippen molar-refractivity contribution in [3.05, 3.63) is 18.2 Å². The van der Waals surface area contributed by atoms with Crippen molar-refractivity contribution in [2.75, 3.05) is 27.1 Å². The third-order valence-corrected chi connectivity index (χ3v) is 4.71. The van der Waals surface area contributed by atoms with Crippen LogP contribution in [0.3, 0.4) is 0 Å². The van der Waals surface area contributed by atoms with Crippen molar-refractivity contribution in [1.29, 1.82) is 0 Å². The summed E-state index contributed by atoms with van der Waals surface area (Å²) in [7, 11) is 4.39. The number of rotatable bonds is 10. The summed E-state index contributed by atoms with van der Waals surface area (Å²) in [5.74, 6) is 0.883. The molecule has 1 aromatic carbocycles. The molecule has 10 heteroatoms. The second kappa shape index (κ2) is 10.7. The molecule has 2 rings (SSSR count). The molecule has 1 amide bonds. The number of carbonyl (C=O) groups is 2. The largest absolute Gasteiger partial charge is 0.493 e. The van der Waals surface area contributed by atoms with E-state index in [0.29, 0.717) is 29.4 Å². The van der Waals surface area contributed by atoms with Gasteiger partial charge >= 0.3 is 5.97 Å². The van der Waals surface area contributed by atoms with Gasteiger partial charge in [0.05, 0.1) is 27.1 Å². The van der Waals surface area contributed by atoms with Gasteiger partial charge in [-0.2, -0.15) is 0 Å². The highest BCUT2D eigenvalue weighted by atomic mass is 32.2. The first kappa shape index (κ1) is 22.5. The number of nitrogens with one attached hydrogen (secondary N) is 1. The zero-order valence-corrected chi connectivity index (χ0v) is 17.9. The first-order chi connectivity index (χ1) is 13.9. The number of hydrogen-bond donors (Lipinski definition) is 1. The summed E-state index contributed by atoms with van der Waals surface area (Å²) in [5.41, 5.74) is 0.661. The van der Waals surface area contributed by atoms with Gasteiger partial charge in [0.2, 0.25) is 11.8 Å². The Morgan fingerprint density at radius 1 is 1.14 bits per heavy atom. The fraction of sp³-hybridized carbons (Fsp3) is 0.474. The Hall–Kier alpha value is -2.75. The fourth-order valence-electron chi connectivity index (χ4n) is 2.55. The minimum absolute atomic E-state index is 0.0269. The zero-order chi connectivity index (χ0) is 21.4.